The van der Waals surface area contributed by atoms with Crippen LogP contribution < -0.4 is 20.9 Å². The SMILES string of the molecule is CC(C)CCOc1cc(OCCCN)cc(-c2ccc(CCC(=O)O)c(CCC(N)=O)c2)c1. The first-order chi connectivity index (χ1) is 15.8. The maximum atomic E-state index is 11.4. The van der Waals surface area contributed by atoms with E-state index in [4.69, 9.17) is 26.0 Å². The molecule has 2 aromatic carbocycles. The van der Waals surface area contributed by atoms with Crippen molar-refractivity contribution >= 4 is 11.9 Å². The van der Waals surface area contributed by atoms with Crippen LogP contribution in [0.25, 0.3) is 11.1 Å². The Labute approximate surface area is 196 Å². The maximum Gasteiger partial charge on any atom is 0.303 e. The second-order valence-electron chi connectivity index (χ2n) is 8.56. The van der Waals surface area contributed by atoms with Crippen LogP contribution in [0.3, 0.4) is 0 Å². The Hall–Kier alpha value is -3.06. The number of aliphatic carboxylic acids is 1. The van der Waals surface area contributed by atoms with Gasteiger partial charge in [-0.15, -0.1) is 0 Å². The normalized spacial score (nSPS) is 10.9. The van der Waals surface area contributed by atoms with Crippen molar-refractivity contribution in [3.8, 4) is 22.6 Å². The first kappa shape index (κ1) is 26.2. The molecule has 0 aliphatic heterocycles. The molecule has 0 heterocycles. The van der Waals surface area contributed by atoms with Crippen LogP contribution in [-0.4, -0.2) is 36.7 Å². The molecule has 0 aliphatic rings. The van der Waals surface area contributed by atoms with Crippen molar-refractivity contribution in [1.82, 2.24) is 0 Å². The standard InChI is InChI=1S/C26H36N2O5/c1-18(2)10-13-33-24-16-22(15-23(17-24)32-12-3-11-27)21-5-4-19(7-9-26(30)31)20(14-21)6-8-25(28)29/h4-5,14-18H,3,6-13,27H2,1-2H3,(H2,28,29)(H,30,31). The van der Waals surface area contributed by atoms with Gasteiger partial charge in [-0.2, -0.15) is 0 Å². The Morgan fingerprint density at radius 1 is 0.909 bits per heavy atom. The number of hydrogen-bond acceptors (Lipinski definition) is 5. The van der Waals surface area contributed by atoms with Gasteiger partial charge in [-0.3, -0.25) is 9.59 Å². The number of ether oxygens (including phenoxy) is 2. The summed E-state index contributed by atoms with van der Waals surface area (Å²) in [7, 11) is 0. The molecule has 7 heteroatoms. The van der Waals surface area contributed by atoms with Gasteiger partial charge in [-0.25, -0.2) is 0 Å². The van der Waals surface area contributed by atoms with Gasteiger partial charge in [0.25, 0.3) is 0 Å². The van der Waals surface area contributed by atoms with Crippen molar-refractivity contribution in [2.24, 2.45) is 17.4 Å². The summed E-state index contributed by atoms with van der Waals surface area (Å²) in [6, 6.07) is 11.7. The minimum Gasteiger partial charge on any atom is -0.493 e. The lowest BCUT2D eigenvalue weighted by atomic mass is 9.94. The summed E-state index contributed by atoms with van der Waals surface area (Å²) in [6.45, 7) is 5.99. The van der Waals surface area contributed by atoms with Crippen molar-refractivity contribution in [1.29, 1.82) is 0 Å². The molecule has 2 aromatic rings. The van der Waals surface area contributed by atoms with Crippen LogP contribution in [0.1, 0.15) is 50.7 Å². The highest BCUT2D eigenvalue weighted by atomic mass is 16.5. The van der Waals surface area contributed by atoms with Gasteiger partial charge in [-0.1, -0.05) is 32.0 Å². The first-order valence-corrected chi connectivity index (χ1v) is 11.5. The molecular formula is C26H36N2O5. The number of nitrogens with two attached hydrogens (primary N) is 2. The summed E-state index contributed by atoms with van der Waals surface area (Å²) in [5.41, 5.74) is 14.6. The maximum absolute atomic E-state index is 11.4. The van der Waals surface area contributed by atoms with E-state index in [2.05, 4.69) is 13.8 Å². The molecule has 0 fully saturated rings. The van der Waals surface area contributed by atoms with Crippen LogP contribution in [0.15, 0.2) is 36.4 Å². The van der Waals surface area contributed by atoms with Crippen LogP contribution in [0.5, 0.6) is 11.5 Å². The molecule has 0 atom stereocenters. The molecule has 7 nitrogen and oxygen atoms in total. The van der Waals surface area contributed by atoms with Gasteiger partial charge in [-0.05, 0) is 72.5 Å². The monoisotopic (exact) mass is 456 g/mol. The highest BCUT2D eigenvalue weighted by Gasteiger charge is 2.11. The Balaban J connectivity index is 2.36. The molecule has 0 radical (unpaired) electrons. The summed E-state index contributed by atoms with van der Waals surface area (Å²) in [6.07, 6.45) is 2.79. The smallest absolute Gasteiger partial charge is 0.303 e. The van der Waals surface area contributed by atoms with Crippen molar-refractivity contribution in [3.63, 3.8) is 0 Å². The van der Waals surface area contributed by atoms with Crippen LogP contribution in [0, 0.1) is 5.92 Å². The molecule has 0 spiro atoms. The molecule has 1 amide bonds. The Morgan fingerprint density at radius 3 is 2.18 bits per heavy atom. The minimum atomic E-state index is -0.856. The molecule has 33 heavy (non-hydrogen) atoms. The predicted octanol–water partition coefficient (Wildman–Crippen LogP) is 3.94. The third-order valence-corrected chi connectivity index (χ3v) is 5.25. The van der Waals surface area contributed by atoms with Gasteiger partial charge in [0.2, 0.25) is 5.91 Å². The Kier molecular flexibility index (Phi) is 10.7. The number of hydrogen-bond donors (Lipinski definition) is 3. The Bertz CT molecular complexity index is 927. The summed E-state index contributed by atoms with van der Waals surface area (Å²) < 4.78 is 11.9. The molecule has 0 aromatic heterocycles. The van der Waals surface area contributed by atoms with Gasteiger partial charge in [0.15, 0.2) is 0 Å². The van der Waals surface area contributed by atoms with Crippen LogP contribution in [-0.2, 0) is 22.4 Å². The van der Waals surface area contributed by atoms with Crippen molar-refractivity contribution in [2.75, 3.05) is 19.8 Å². The summed E-state index contributed by atoms with van der Waals surface area (Å²) in [4.78, 5) is 22.4. The molecule has 0 saturated carbocycles. The van der Waals surface area contributed by atoms with Gasteiger partial charge < -0.3 is 26.0 Å². The number of aryl methyl sites for hydroxylation is 2. The number of amides is 1. The van der Waals surface area contributed by atoms with E-state index in [1.807, 2.05) is 36.4 Å². The average molecular weight is 457 g/mol. The molecule has 180 valence electrons. The van der Waals surface area contributed by atoms with E-state index in [9.17, 15) is 9.59 Å². The van der Waals surface area contributed by atoms with Crippen molar-refractivity contribution < 1.29 is 24.2 Å². The molecule has 0 saturated heterocycles. The van der Waals surface area contributed by atoms with E-state index < -0.39 is 5.97 Å². The first-order valence-electron chi connectivity index (χ1n) is 11.5. The van der Waals surface area contributed by atoms with E-state index in [-0.39, 0.29) is 18.7 Å². The van der Waals surface area contributed by atoms with E-state index in [1.54, 1.807) is 0 Å². The largest absolute Gasteiger partial charge is 0.493 e. The molecule has 0 bridgehead atoms. The lowest BCUT2D eigenvalue weighted by Gasteiger charge is -2.15. The fourth-order valence-electron chi connectivity index (χ4n) is 3.37. The number of carboxylic acid groups (broad SMARTS) is 1. The summed E-state index contributed by atoms with van der Waals surface area (Å²) in [5, 5.41) is 9.06. The van der Waals surface area contributed by atoms with Gasteiger partial charge in [0.1, 0.15) is 11.5 Å². The zero-order valence-corrected chi connectivity index (χ0v) is 19.6. The van der Waals surface area contributed by atoms with E-state index in [0.29, 0.717) is 44.3 Å². The second-order valence-corrected chi connectivity index (χ2v) is 8.56. The van der Waals surface area contributed by atoms with E-state index in [1.165, 1.54) is 0 Å². The average Bonchev–Trinajstić information content (AvgIpc) is 2.76. The summed E-state index contributed by atoms with van der Waals surface area (Å²) in [5.74, 6) is 0.726. The number of benzene rings is 2. The van der Waals surface area contributed by atoms with Crippen LogP contribution in [0.4, 0.5) is 0 Å². The lowest BCUT2D eigenvalue weighted by Crippen LogP contribution is -2.12. The molecule has 2 rings (SSSR count). The number of rotatable bonds is 15. The highest BCUT2D eigenvalue weighted by Crippen LogP contribution is 2.32. The molecule has 0 aliphatic carbocycles. The van der Waals surface area contributed by atoms with E-state index >= 15 is 0 Å². The minimum absolute atomic E-state index is 0.0290. The fraction of sp³-hybridized carbons (Fsp3) is 0.462. The van der Waals surface area contributed by atoms with Gasteiger partial charge in [0.05, 0.1) is 13.2 Å². The zero-order valence-electron chi connectivity index (χ0n) is 19.6. The third kappa shape index (κ3) is 9.53. The number of carbonyl (C=O) groups excluding carboxylic acids is 1. The van der Waals surface area contributed by atoms with E-state index in [0.717, 1.165) is 40.8 Å². The van der Waals surface area contributed by atoms with Gasteiger partial charge >= 0.3 is 5.97 Å². The van der Waals surface area contributed by atoms with Crippen molar-refractivity contribution in [3.05, 3.63) is 47.5 Å². The van der Waals surface area contributed by atoms with Gasteiger partial charge in [0, 0.05) is 18.9 Å². The number of carbonyl (C=O) groups is 2. The molecule has 0 unspecified atom stereocenters. The second kappa shape index (κ2) is 13.5. The quantitative estimate of drug-likeness (QED) is 0.349. The lowest BCUT2D eigenvalue weighted by molar-refractivity contribution is -0.137. The number of primary amides is 1. The van der Waals surface area contributed by atoms with Crippen molar-refractivity contribution in [2.45, 2.75) is 52.4 Å². The Morgan fingerprint density at radius 2 is 1.58 bits per heavy atom. The third-order valence-electron chi connectivity index (χ3n) is 5.25. The zero-order chi connectivity index (χ0) is 24.2. The highest BCUT2D eigenvalue weighted by molar-refractivity contribution is 5.74. The number of carboxylic acids is 1. The fourth-order valence-corrected chi connectivity index (χ4v) is 3.37. The molecule has 5 N–H and O–H groups in total. The topological polar surface area (TPSA) is 125 Å². The molecular weight excluding hydrogens is 420 g/mol. The van der Waals surface area contributed by atoms with Crippen LogP contribution >= 0.6 is 0 Å². The summed E-state index contributed by atoms with van der Waals surface area (Å²) >= 11 is 0. The van der Waals surface area contributed by atoms with Crippen LogP contribution in [0.2, 0.25) is 0 Å². The predicted molar refractivity (Wildman–Crippen MR) is 129 cm³/mol.